The second-order valence-corrected chi connectivity index (χ2v) is 7.96. The van der Waals surface area contributed by atoms with E-state index >= 15 is 0 Å². The van der Waals surface area contributed by atoms with Gasteiger partial charge >= 0.3 is 11.9 Å². The van der Waals surface area contributed by atoms with Crippen LogP contribution in [0.25, 0.3) is 0 Å². The molecule has 1 aliphatic heterocycles. The molecule has 4 aliphatic rings. The van der Waals surface area contributed by atoms with Crippen LogP contribution < -0.4 is 9.47 Å². The number of rotatable bonds is 6. The zero-order valence-electron chi connectivity index (χ0n) is 16.6. The van der Waals surface area contributed by atoms with E-state index in [1.54, 1.807) is 0 Å². The van der Waals surface area contributed by atoms with E-state index in [0.29, 0.717) is 13.2 Å². The Bertz CT molecular complexity index is 917. The Morgan fingerprint density at radius 1 is 0.759 bits per heavy atom. The minimum Gasteiger partial charge on any atom is -0.493 e. The lowest BCUT2D eigenvalue weighted by atomic mass is 9.54. The van der Waals surface area contributed by atoms with Crippen LogP contribution in [0.4, 0.5) is 0 Å². The van der Waals surface area contributed by atoms with Crippen molar-refractivity contribution in [2.45, 2.75) is 38.5 Å². The van der Waals surface area contributed by atoms with Gasteiger partial charge in [0.15, 0.2) is 0 Å². The van der Waals surface area contributed by atoms with Gasteiger partial charge in [-0.05, 0) is 36.1 Å². The number of carbonyl (C=O) groups excluding carboxylic acids is 2. The lowest BCUT2D eigenvalue weighted by Crippen LogP contribution is -2.42. The van der Waals surface area contributed by atoms with Gasteiger partial charge in [0.25, 0.3) is 0 Å². The van der Waals surface area contributed by atoms with Crippen molar-refractivity contribution >= 4 is 11.9 Å². The van der Waals surface area contributed by atoms with E-state index in [1.165, 1.54) is 0 Å². The molecule has 1 fully saturated rings. The summed E-state index contributed by atoms with van der Waals surface area (Å²) in [7, 11) is 0. The van der Waals surface area contributed by atoms with Crippen molar-refractivity contribution in [2.75, 3.05) is 13.2 Å². The van der Waals surface area contributed by atoms with E-state index in [2.05, 4.69) is 26.0 Å². The molecule has 29 heavy (non-hydrogen) atoms. The molecule has 4 atom stereocenters. The fourth-order valence-electron chi connectivity index (χ4n) is 5.26. The molecule has 6 rings (SSSR count). The number of ether oxygens (including phenoxy) is 3. The van der Waals surface area contributed by atoms with Crippen LogP contribution in [0.1, 0.15) is 60.8 Å². The molecule has 2 bridgehead atoms. The van der Waals surface area contributed by atoms with Crippen molar-refractivity contribution in [3.63, 3.8) is 0 Å². The van der Waals surface area contributed by atoms with Crippen molar-refractivity contribution in [3.8, 4) is 11.5 Å². The van der Waals surface area contributed by atoms with Crippen molar-refractivity contribution in [2.24, 2.45) is 11.8 Å². The molecular formula is C24H24O5. The molecule has 2 aromatic rings. The van der Waals surface area contributed by atoms with E-state index in [9.17, 15) is 9.59 Å². The highest BCUT2D eigenvalue weighted by atomic mass is 16.6. The molecule has 0 radical (unpaired) electrons. The minimum absolute atomic E-state index is 0.257. The maximum absolute atomic E-state index is 12.7. The summed E-state index contributed by atoms with van der Waals surface area (Å²) in [6.45, 7) is 5.32. The highest BCUT2D eigenvalue weighted by Crippen LogP contribution is 2.64. The summed E-state index contributed by atoms with van der Waals surface area (Å²) < 4.78 is 17.3. The molecule has 2 aromatic carbocycles. The first-order chi connectivity index (χ1) is 14.2. The highest BCUT2D eigenvalue weighted by Gasteiger charge is 2.62. The fourth-order valence-corrected chi connectivity index (χ4v) is 5.26. The quantitative estimate of drug-likeness (QED) is 0.545. The van der Waals surface area contributed by atoms with Gasteiger partial charge in [-0.25, -0.2) is 0 Å². The second-order valence-electron chi connectivity index (χ2n) is 7.96. The molecule has 5 heteroatoms. The molecular weight excluding hydrogens is 368 g/mol. The van der Waals surface area contributed by atoms with Gasteiger partial charge in [0.1, 0.15) is 11.5 Å². The Morgan fingerprint density at radius 3 is 1.62 bits per heavy atom. The summed E-state index contributed by atoms with van der Waals surface area (Å²) in [4.78, 5) is 25.4. The van der Waals surface area contributed by atoms with Gasteiger partial charge < -0.3 is 14.2 Å². The van der Waals surface area contributed by atoms with Crippen LogP contribution in [0.3, 0.4) is 0 Å². The molecule has 0 saturated carbocycles. The monoisotopic (exact) mass is 392 g/mol. The number of esters is 2. The van der Waals surface area contributed by atoms with Crippen LogP contribution in [0.5, 0.6) is 11.5 Å². The van der Waals surface area contributed by atoms with Crippen LogP contribution in [-0.2, 0) is 14.3 Å². The molecule has 1 saturated heterocycles. The maximum Gasteiger partial charge on any atom is 0.318 e. The number of hydrogen-bond acceptors (Lipinski definition) is 5. The zero-order valence-corrected chi connectivity index (χ0v) is 16.6. The standard InChI is InChI=1S/C24H24O5/c1-3-11-27-15-9-10-16(28-12-4-2)20-18-14-8-6-5-7-13(14)17(19(15)20)21-22(18)24(26)29-23(21)25/h5-10,17-18,21-22H,3-4,11-12H2,1-2H3/t17-,18+,21+,22-. The summed E-state index contributed by atoms with van der Waals surface area (Å²) in [5.74, 6) is -0.797. The average molecular weight is 392 g/mol. The Morgan fingerprint density at radius 2 is 1.21 bits per heavy atom. The summed E-state index contributed by atoms with van der Waals surface area (Å²) in [5, 5.41) is 0. The van der Waals surface area contributed by atoms with E-state index in [1.807, 2.05) is 24.3 Å². The minimum atomic E-state index is -0.500. The first kappa shape index (κ1) is 18.2. The fraction of sp³-hybridized carbons (Fsp3) is 0.417. The van der Waals surface area contributed by atoms with Gasteiger partial charge in [0.2, 0.25) is 0 Å². The van der Waals surface area contributed by atoms with Crippen LogP contribution in [0, 0.1) is 11.8 Å². The third kappa shape index (κ3) is 2.53. The first-order valence-electron chi connectivity index (χ1n) is 10.4. The van der Waals surface area contributed by atoms with Crippen LogP contribution >= 0.6 is 0 Å². The number of cyclic esters (lactones) is 2. The molecule has 0 aromatic heterocycles. The third-order valence-corrected chi connectivity index (χ3v) is 6.27. The molecule has 0 N–H and O–H groups in total. The topological polar surface area (TPSA) is 61.8 Å². The lowest BCUT2D eigenvalue weighted by Gasteiger charge is -2.46. The largest absolute Gasteiger partial charge is 0.493 e. The highest BCUT2D eigenvalue weighted by molar-refractivity contribution is 6.00. The molecule has 1 heterocycles. The molecule has 3 aliphatic carbocycles. The summed E-state index contributed by atoms with van der Waals surface area (Å²) in [5.41, 5.74) is 4.16. The Labute approximate surface area is 170 Å². The van der Waals surface area contributed by atoms with Gasteiger partial charge in [-0.3, -0.25) is 9.59 Å². The van der Waals surface area contributed by atoms with Crippen molar-refractivity contribution in [3.05, 3.63) is 58.7 Å². The molecule has 5 nitrogen and oxygen atoms in total. The number of benzene rings is 2. The van der Waals surface area contributed by atoms with Crippen molar-refractivity contribution in [1.82, 2.24) is 0 Å². The van der Waals surface area contributed by atoms with Gasteiger partial charge in [-0.2, -0.15) is 0 Å². The van der Waals surface area contributed by atoms with Gasteiger partial charge in [-0.1, -0.05) is 38.1 Å². The van der Waals surface area contributed by atoms with Crippen molar-refractivity contribution in [1.29, 1.82) is 0 Å². The predicted molar refractivity (Wildman–Crippen MR) is 106 cm³/mol. The van der Waals surface area contributed by atoms with E-state index < -0.39 is 23.8 Å². The second kappa shape index (κ2) is 6.90. The summed E-state index contributed by atoms with van der Waals surface area (Å²) >= 11 is 0. The first-order valence-corrected chi connectivity index (χ1v) is 10.4. The number of carbonyl (C=O) groups is 2. The van der Waals surface area contributed by atoms with Crippen LogP contribution in [0.15, 0.2) is 36.4 Å². The average Bonchev–Trinajstić information content (AvgIpc) is 3.05. The Kier molecular flexibility index (Phi) is 4.34. The van der Waals surface area contributed by atoms with Crippen molar-refractivity contribution < 1.29 is 23.8 Å². The molecule has 150 valence electrons. The Hall–Kier alpha value is -2.82. The molecule has 0 amide bonds. The van der Waals surface area contributed by atoms with Gasteiger partial charge in [0.05, 0.1) is 25.0 Å². The van der Waals surface area contributed by atoms with E-state index in [0.717, 1.165) is 46.6 Å². The lowest BCUT2D eigenvalue weighted by molar-refractivity contribution is -0.153. The molecule has 0 unspecified atom stereocenters. The van der Waals surface area contributed by atoms with E-state index in [-0.39, 0.29) is 11.8 Å². The van der Waals surface area contributed by atoms with Gasteiger partial charge in [-0.15, -0.1) is 0 Å². The number of hydrogen-bond donors (Lipinski definition) is 0. The van der Waals surface area contributed by atoms with E-state index in [4.69, 9.17) is 14.2 Å². The predicted octanol–water partition coefficient (Wildman–Crippen LogP) is 4.17. The normalized spacial score (nSPS) is 25.9. The summed E-state index contributed by atoms with van der Waals surface area (Å²) in [6.07, 6.45) is 1.78. The van der Waals surface area contributed by atoms with Gasteiger partial charge in [0, 0.05) is 23.0 Å². The van der Waals surface area contributed by atoms with Crippen LogP contribution in [0.2, 0.25) is 0 Å². The zero-order chi connectivity index (χ0) is 20.1. The van der Waals surface area contributed by atoms with Crippen LogP contribution in [-0.4, -0.2) is 25.2 Å². The SMILES string of the molecule is CCCOc1ccc(OCCC)c2c1[C@@H]1c3ccccc3[C@H]2[C@@H]2C(=O)OC(=O)[C@H]12. The Balaban J connectivity index is 1.77. The maximum atomic E-state index is 12.7. The summed E-state index contributed by atoms with van der Waals surface area (Å²) in [6, 6.07) is 12.0. The smallest absolute Gasteiger partial charge is 0.318 e. The third-order valence-electron chi connectivity index (χ3n) is 6.27. The molecule has 0 spiro atoms.